The Kier molecular flexibility index (Phi) is 3.94. The molecule has 4 heterocycles. The molecule has 2 atom stereocenters. The molecule has 4 rings (SSSR count). The van der Waals surface area contributed by atoms with E-state index >= 15 is 0 Å². The summed E-state index contributed by atoms with van der Waals surface area (Å²) in [5.41, 5.74) is 0.700. The van der Waals surface area contributed by atoms with E-state index in [9.17, 15) is 13.6 Å². The maximum atomic E-state index is 12.8. The number of alkyl halides is 2. The zero-order chi connectivity index (χ0) is 16.7. The van der Waals surface area contributed by atoms with Gasteiger partial charge in [-0.25, -0.2) is 18.4 Å². The van der Waals surface area contributed by atoms with Crippen LogP contribution in [0.25, 0.3) is 11.0 Å². The Hall–Kier alpha value is -2.05. The van der Waals surface area contributed by atoms with Crippen LogP contribution in [0.2, 0.25) is 0 Å². The Morgan fingerprint density at radius 3 is 2.75 bits per heavy atom. The second-order valence-electron chi connectivity index (χ2n) is 6.87. The smallest absolute Gasteiger partial charge is 0.244 e. The fraction of sp³-hybridized carbons (Fsp3) is 0.588. The van der Waals surface area contributed by atoms with Gasteiger partial charge in [-0.15, -0.1) is 0 Å². The van der Waals surface area contributed by atoms with Crippen molar-refractivity contribution >= 4 is 16.9 Å². The molecule has 1 amide bonds. The molecule has 128 valence electrons. The first kappa shape index (κ1) is 15.5. The van der Waals surface area contributed by atoms with E-state index in [1.807, 2.05) is 17.0 Å². The lowest BCUT2D eigenvalue weighted by Gasteiger charge is -2.39. The van der Waals surface area contributed by atoms with E-state index in [1.54, 1.807) is 17.1 Å². The SMILES string of the molecule is O=C(Cn1ncc2cccnc21)N1C2CCC1CC(CC(F)F)C2. The van der Waals surface area contributed by atoms with E-state index in [2.05, 4.69) is 10.1 Å². The lowest BCUT2D eigenvalue weighted by Crippen LogP contribution is -2.48. The molecule has 0 spiro atoms. The van der Waals surface area contributed by atoms with E-state index in [4.69, 9.17) is 0 Å². The number of halogens is 2. The summed E-state index contributed by atoms with van der Waals surface area (Å²) in [5.74, 6) is 0.0624. The van der Waals surface area contributed by atoms with Crippen LogP contribution in [0.4, 0.5) is 8.78 Å². The summed E-state index contributed by atoms with van der Waals surface area (Å²) < 4.78 is 26.9. The van der Waals surface area contributed by atoms with Crippen LogP contribution in [0, 0.1) is 5.92 Å². The van der Waals surface area contributed by atoms with E-state index in [0.717, 1.165) is 18.2 Å². The number of hydrogen-bond donors (Lipinski definition) is 0. The van der Waals surface area contributed by atoms with Gasteiger partial charge in [0, 0.05) is 30.1 Å². The first-order chi connectivity index (χ1) is 11.6. The summed E-state index contributed by atoms with van der Waals surface area (Å²) >= 11 is 0. The number of rotatable bonds is 4. The number of nitrogens with zero attached hydrogens (tertiary/aromatic N) is 4. The molecule has 2 aliphatic heterocycles. The molecule has 2 aliphatic rings. The molecule has 2 aromatic rings. The number of amides is 1. The van der Waals surface area contributed by atoms with Crippen molar-refractivity contribution in [3.05, 3.63) is 24.5 Å². The normalized spacial score (nSPS) is 26.5. The molecule has 5 nitrogen and oxygen atoms in total. The maximum absolute atomic E-state index is 12.8. The summed E-state index contributed by atoms with van der Waals surface area (Å²) in [6, 6.07) is 3.96. The highest BCUT2D eigenvalue weighted by Gasteiger charge is 2.43. The molecule has 0 radical (unpaired) electrons. The average molecular weight is 334 g/mol. The largest absolute Gasteiger partial charge is 0.335 e. The molecule has 2 aromatic heterocycles. The third-order valence-corrected chi connectivity index (χ3v) is 5.31. The highest BCUT2D eigenvalue weighted by molar-refractivity contribution is 5.80. The molecule has 2 unspecified atom stereocenters. The Morgan fingerprint density at radius 1 is 1.29 bits per heavy atom. The number of carbonyl (C=O) groups is 1. The van der Waals surface area contributed by atoms with Crippen LogP contribution in [0.1, 0.15) is 32.1 Å². The van der Waals surface area contributed by atoms with Crippen molar-refractivity contribution in [3.63, 3.8) is 0 Å². The fourth-order valence-corrected chi connectivity index (χ4v) is 4.38. The molecule has 7 heteroatoms. The zero-order valence-electron chi connectivity index (χ0n) is 13.3. The second kappa shape index (κ2) is 6.11. The first-order valence-electron chi connectivity index (χ1n) is 8.47. The Labute approximate surface area is 138 Å². The summed E-state index contributed by atoms with van der Waals surface area (Å²) in [6.45, 7) is 0.160. The molecule has 0 saturated carbocycles. The number of aromatic nitrogens is 3. The minimum atomic E-state index is -2.25. The van der Waals surface area contributed by atoms with Crippen LogP contribution < -0.4 is 0 Å². The number of piperidine rings is 1. The van der Waals surface area contributed by atoms with Crippen LogP contribution in [0.3, 0.4) is 0 Å². The predicted octanol–water partition coefficient (Wildman–Crippen LogP) is 2.86. The highest BCUT2D eigenvalue weighted by Crippen LogP contribution is 2.40. The fourth-order valence-electron chi connectivity index (χ4n) is 4.38. The molecule has 24 heavy (non-hydrogen) atoms. The number of hydrogen-bond acceptors (Lipinski definition) is 3. The van der Waals surface area contributed by atoms with Crippen LogP contribution in [-0.2, 0) is 11.3 Å². The minimum absolute atomic E-state index is 0.0219. The van der Waals surface area contributed by atoms with Gasteiger partial charge in [0.25, 0.3) is 0 Å². The third-order valence-electron chi connectivity index (χ3n) is 5.31. The van der Waals surface area contributed by atoms with Crippen molar-refractivity contribution in [1.29, 1.82) is 0 Å². The second-order valence-corrected chi connectivity index (χ2v) is 6.87. The number of fused-ring (bicyclic) bond motifs is 3. The van der Waals surface area contributed by atoms with Crippen molar-refractivity contribution in [2.75, 3.05) is 0 Å². The molecule has 2 bridgehead atoms. The number of carbonyl (C=O) groups excluding carboxylic acids is 1. The minimum Gasteiger partial charge on any atom is -0.335 e. The van der Waals surface area contributed by atoms with Gasteiger partial charge in [-0.1, -0.05) is 0 Å². The van der Waals surface area contributed by atoms with E-state index in [0.29, 0.717) is 18.5 Å². The van der Waals surface area contributed by atoms with Crippen LogP contribution in [0.15, 0.2) is 24.5 Å². The molecule has 2 saturated heterocycles. The van der Waals surface area contributed by atoms with Crippen LogP contribution in [0.5, 0.6) is 0 Å². The van der Waals surface area contributed by atoms with Crippen LogP contribution >= 0.6 is 0 Å². The topological polar surface area (TPSA) is 51.0 Å². The van der Waals surface area contributed by atoms with Crippen molar-refractivity contribution in [3.8, 4) is 0 Å². The zero-order valence-corrected chi connectivity index (χ0v) is 13.3. The molecular weight excluding hydrogens is 314 g/mol. The van der Waals surface area contributed by atoms with Gasteiger partial charge in [-0.05, 0) is 43.7 Å². The molecular formula is C17H20F2N4O. The Bertz CT molecular complexity index is 733. The predicted molar refractivity (Wildman–Crippen MR) is 84.5 cm³/mol. The first-order valence-corrected chi connectivity index (χ1v) is 8.47. The average Bonchev–Trinajstić information content (AvgIpc) is 3.06. The van der Waals surface area contributed by atoms with Gasteiger partial charge in [0.2, 0.25) is 12.3 Å². The lowest BCUT2D eigenvalue weighted by molar-refractivity contribution is -0.137. The van der Waals surface area contributed by atoms with Gasteiger partial charge in [0.15, 0.2) is 5.65 Å². The summed E-state index contributed by atoms with van der Waals surface area (Å²) in [5, 5.41) is 5.17. The van der Waals surface area contributed by atoms with Gasteiger partial charge >= 0.3 is 0 Å². The quantitative estimate of drug-likeness (QED) is 0.864. The number of pyridine rings is 1. The Balaban J connectivity index is 1.48. The molecule has 0 aromatic carbocycles. The molecule has 0 N–H and O–H groups in total. The van der Waals surface area contributed by atoms with E-state index in [-0.39, 0.29) is 36.9 Å². The van der Waals surface area contributed by atoms with Crippen molar-refractivity contribution in [1.82, 2.24) is 19.7 Å². The lowest BCUT2D eigenvalue weighted by atomic mass is 9.88. The standard InChI is InChI=1S/C17H20F2N4O/c18-15(19)8-11-6-13-3-4-14(7-11)23(13)16(24)10-22-17-12(9-21-22)2-1-5-20-17/h1-2,5,9,11,13-15H,3-4,6-8,10H2. The van der Waals surface area contributed by atoms with Gasteiger partial charge in [-0.2, -0.15) is 5.10 Å². The van der Waals surface area contributed by atoms with Gasteiger partial charge in [0.1, 0.15) is 6.54 Å². The summed E-state index contributed by atoms with van der Waals surface area (Å²) in [4.78, 5) is 19.0. The van der Waals surface area contributed by atoms with Gasteiger partial charge in [0.05, 0.1) is 6.20 Å². The van der Waals surface area contributed by atoms with Gasteiger partial charge in [-0.3, -0.25) is 4.79 Å². The molecule has 0 aliphatic carbocycles. The van der Waals surface area contributed by atoms with Crippen molar-refractivity contribution < 1.29 is 13.6 Å². The van der Waals surface area contributed by atoms with Crippen LogP contribution in [-0.4, -0.2) is 44.1 Å². The van der Waals surface area contributed by atoms with E-state index < -0.39 is 6.43 Å². The van der Waals surface area contributed by atoms with Crippen molar-refractivity contribution in [2.45, 2.75) is 57.2 Å². The molecule has 2 fully saturated rings. The maximum Gasteiger partial charge on any atom is 0.244 e. The van der Waals surface area contributed by atoms with E-state index in [1.165, 1.54) is 0 Å². The summed E-state index contributed by atoms with van der Waals surface area (Å²) in [6.07, 6.45) is 4.35. The Morgan fingerprint density at radius 2 is 2.04 bits per heavy atom. The highest BCUT2D eigenvalue weighted by atomic mass is 19.3. The van der Waals surface area contributed by atoms with Crippen molar-refractivity contribution in [2.24, 2.45) is 5.92 Å². The summed E-state index contributed by atoms with van der Waals surface area (Å²) in [7, 11) is 0. The van der Waals surface area contributed by atoms with Gasteiger partial charge < -0.3 is 4.90 Å². The third kappa shape index (κ3) is 2.76. The monoisotopic (exact) mass is 334 g/mol.